The van der Waals surface area contributed by atoms with E-state index in [-0.39, 0.29) is 28.6 Å². The number of ketones is 2. The van der Waals surface area contributed by atoms with Crippen LogP contribution in [0.15, 0.2) is 34.9 Å². The minimum absolute atomic E-state index is 0.0561. The van der Waals surface area contributed by atoms with Gasteiger partial charge in [0.15, 0.2) is 11.6 Å². The molecule has 1 fully saturated rings. The van der Waals surface area contributed by atoms with Gasteiger partial charge in [0, 0.05) is 10.8 Å². The van der Waals surface area contributed by atoms with Crippen molar-refractivity contribution in [2.45, 2.75) is 33.6 Å². The van der Waals surface area contributed by atoms with Gasteiger partial charge in [0.05, 0.1) is 23.1 Å². The Balaban J connectivity index is 2.26. The van der Waals surface area contributed by atoms with Crippen molar-refractivity contribution in [1.29, 1.82) is 10.5 Å². The summed E-state index contributed by atoms with van der Waals surface area (Å²) in [6.45, 7) is 6.32. The van der Waals surface area contributed by atoms with Crippen LogP contribution in [0.3, 0.4) is 0 Å². The van der Waals surface area contributed by atoms with Crippen molar-refractivity contribution < 1.29 is 9.59 Å². The first-order valence-corrected chi connectivity index (χ1v) is 9.74. The summed E-state index contributed by atoms with van der Waals surface area (Å²) in [6, 6.07) is 4.06. The van der Waals surface area contributed by atoms with Crippen molar-refractivity contribution in [3.63, 3.8) is 0 Å². The predicted molar refractivity (Wildman–Crippen MR) is 109 cm³/mol. The number of carbonyl (C=O) groups is 2. The van der Waals surface area contributed by atoms with E-state index in [9.17, 15) is 20.1 Å². The number of carbonyl (C=O) groups excluding carboxylic acids is 2. The van der Waals surface area contributed by atoms with Crippen molar-refractivity contribution >= 4 is 11.6 Å². The molecule has 29 heavy (non-hydrogen) atoms. The maximum absolute atomic E-state index is 12.9. The molecule has 148 valence electrons. The van der Waals surface area contributed by atoms with Crippen LogP contribution in [-0.4, -0.2) is 37.1 Å². The van der Waals surface area contributed by atoms with E-state index >= 15 is 0 Å². The summed E-state index contributed by atoms with van der Waals surface area (Å²) in [7, 11) is 3.86. The molecular weight excluding hydrogens is 362 g/mol. The van der Waals surface area contributed by atoms with Crippen LogP contribution >= 0.6 is 0 Å². The van der Waals surface area contributed by atoms with Crippen LogP contribution in [0.2, 0.25) is 0 Å². The molecule has 0 aliphatic heterocycles. The Bertz CT molecular complexity index is 1030. The maximum atomic E-state index is 12.9. The Morgan fingerprint density at radius 2 is 1.76 bits per heavy atom. The van der Waals surface area contributed by atoms with E-state index in [2.05, 4.69) is 17.9 Å². The highest BCUT2D eigenvalue weighted by atomic mass is 16.1. The van der Waals surface area contributed by atoms with Crippen LogP contribution in [0, 0.1) is 56.7 Å². The Kier molecular flexibility index (Phi) is 4.90. The normalized spacial score (nSPS) is 32.4. The first-order valence-electron chi connectivity index (χ1n) is 9.74. The fourth-order valence-electron chi connectivity index (χ4n) is 5.29. The first kappa shape index (κ1) is 20.8. The highest BCUT2D eigenvalue weighted by Gasteiger charge is 2.59. The van der Waals surface area contributed by atoms with Gasteiger partial charge < -0.3 is 0 Å². The Labute approximate surface area is 172 Å². The van der Waals surface area contributed by atoms with Gasteiger partial charge in [-0.3, -0.25) is 14.5 Å². The maximum Gasteiger partial charge on any atom is 0.196 e. The van der Waals surface area contributed by atoms with Crippen molar-refractivity contribution in [3.05, 3.63) is 34.9 Å². The largest absolute Gasteiger partial charge is 0.299 e. The second kappa shape index (κ2) is 6.84. The molecule has 2 unspecified atom stereocenters. The fraction of sp³-hybridized carbons (Fsp3) is 0.500. The number of allylic oxidation sites excluding steroid dienone is 6. The third-order valence-electron chi connectivity index (χ3n) is 6.64. The van der Waals surface area contributed by atoms with E-state index in [1.54, 1.807) is 12.2 Å². The van der Waals surface area contributed by atoms with E-state index < -0.39 is 16.2 Å². The zero-order valence-corrected chi connectivity index (χ0v) is 17.6. The number of rotatable bonds is 1. The van der Waals surface area contributed by atoms with Gasteiger partial charge in [-0.1, -0.05) is 38.7 Å². The molecule has 0 aromatic carbocycles. The monoisotopic (exact) mass is 387 g/mol. The van der Waals surface area contributed by atoms with E-state index in [4.69, 9.17) is 0 Å². The lowest BCUT2D eigenvalue weighted by molar-refractivity contribution is -0.130. The Hall–Kier alpha value is -2.94. The zero-order valence-electron chi connectivity index (χ0n) is 17.6. The van der Waals surface area contributed by atoms with Crippen molar-refractivity contribution in [3.8, 4) is 24.0 Å². The van der Waals surface area contributed by atoms with Gasteiger partial charge in [0.2, 0.25) is 0 Å². The van der Waals surface area contributed by atoms with Crippen LogP contribution in [0.4, 0.5) is 0 Å². The highest BCUT2D eigenvalue weighted by molar-refractivity contribution is 6.09. The molecule has 3 atom stereocenters. The van der Waals surface area contributed by atoms with Crippen LogP contribution in [0.5, 0.6) is 0 Å². The second-order valence-corrected chi connectivity index (χ2v) is 9.20. The molecule has 5 heteroatoms. The topological polar surface area (TPSA) is 85.0 Å². The van der Waals surface area contributed by atoms with Gasteiger partial charge in [-0.05, 0) is 50.6 Å². The summed E-state index contributed by atoms with van der Waals surface area (Å²) >= 11 is 0. The summed E-state index contributed by atoms with van der Waals surface area (Å²) in [5.74, 6) is 5.99. The minimum atomic E-state index is -0.742. The third-order valence-corrected chi connectivity index (χ3v) is 6.64. The van der Waals surface area contributed by atoms with Crippen LogP contribution < -0.4 is 0 Å². The fourth-order valence-corrected chi connectivity index (χ4v) is 5.29. The quantitative estimate of drug-likeness (QED) is 0.646. The summed E-state index contributed by atoms with van der Waals surface area (Å²) in [5.41, 5.74) is -1.10. The molecule has 3 aliphatic rings. The molecular formula is C24H25N3O2. The lowest BCUT2D eigenvalue weighted by Gasteiger charge is -2.56. The van der Waals surface area contributed by atoms with E-state index in [1.165, 1.54) is 6.08 Å². The zero-order chi connectivity index (χ0) is 21.6. The van der Waals surface area contributed by atoms with E-state index in [0.717, 1.165) is 5.57 Å². The van der Waals surface area contributed by atoms with Crippen LogP contribution in [0.25, 0.3) is 0 Å². The number of Topliss-reactive ketones (excluding diaryl/α,β-unsaturated/α-hetero) is 1. The molecule has 0 amide bonds. The SMILES string of the molecule is CN(C)CC#CC12C=C(C#N)C(=O)C=C1[C@@]1(C)C=C(C#N)C(=O)C(C)(C)C1CC2. The van der Waals surface area contributed by atoms with Crippen LogP contribution in [-0.2, 0) is 9.59 Å². The number of nitrogens with zero attached hydrogens (tertiary/aromatic N) is 3. The molecule has 0 N–H and O–H groups in total. The number of fused-ring (bicyclic) bond motifs is 3. The lowest BCUT2D eigenvalue weighted by atomic mass is 9.45. The van der Waals surface area contributed by atoms with Crippen LogP contribution in [0.1, 0.15) is 33.6 Å². The summed E-state index contributed by atoms with van der Waals surface area (Å²) in [4.78, 5) is 27.4. The highest BCUT2D eigenvalue weighted by Crippen LogP contribution is 2.63. The average molecular weight is 387 g/mol. The summed E-state index contributed by atoms with van der Waals surface area (Å²) in [5, 5.41) is 19.0. The molecule has 5 nitrogen and oxygen atoms in total. The van der Waals surface area contributed by atoms with Gasteiger partial charge in [0.25, 0.3) is 0 Å². The molecule has 0 saturated heterocycles. The molecule has 0 radical (unpaired) electrons. The second-order valence-electron chi connectivity index (χ2n) is 9.20. The summed E-state index contributed by atoms with van der Waals surface area (Å²) < 4.78 is 0. The molecule has 3 aliphatic carbocycles. The van der Waals surface area contributed by atoms with E-state index in [1.807, 2.05) is 45.8 Å². The summed E-state index contributed by atoms with van der Waals surface area (Å²) in [6.07, 6.45) is 6.31. The number of hydrogen-bond donors (Lipinski definition) is 0. The average Bonchev–Trinajstić information content (AvgIpc) is 2.65. The van der Waals surface area contributed by atoms with Gasteiger partial charge in [-0.15, -0.1) is 0 Å². The number of hydrogen-bond acceptors (Lipinski definition) is 5. The van der Waals surface area contributed by atoms with Gasteiger partial charge in [-0.2, -0.15) is 10.5 Å². The smallest absolute Gasteiger partial charge is 0.196 e. The Morgan fingerprint density at radius 3 is 2.34 bits per heavy atom. The standard InChI is InChI=1S/C24H25N3O2/c1-22(2)19-7-9-24(8-6-10-27(4)5)13-16(14-25)18(28)11-20(24)23(19,3)12-17(15-26)21(22)29/h11-13,19H,7,9-10H2,1-5H3/t19?,23-,24?/m0/s1. The van der Waals surface area contributed by atoms with E-state index in [0.29, 0.717) is 19.4 Å². The predicted octanol–water partition coefficient (Wildman–Crippen LogP) is 2.97. The van der Waals surface area contributed by atoms with Crippen molar-refractivity contribution in [1.82, 2.24) is 4.90 Å². The third kappa shape index (κ3) is 3.05. The van der Waals surface area contributed by atoms with Crippen molar-refractivity contribution in [2.75, 3.05) is 20.6 Å². The van der Waals surface area contributed by atoms with Gasteiger partial charge in [0.1, 0.15) is 12.1 Å². The molecule has 0 heterocycles. The van der Waals surface area contributed by atoms with Gasteiger partial charge in [-0.25, -0.2) is 0 Å². The molecule has 0 aromatic heterocycles. The van der Waals surface area contributed by atoms with Gasteiger partial charge >= 0.3 is 0 Å². The molecule has 0 aromatic rings. The minimum Gasteiger partial charge on any atom is -0.299 e. The lowest BCUT2D eigenvalue weighted by Crippen LogP contribution is -2.53. The Morgan fingerprint density at radius 1 is 1.10 bits per heavy atom. The molecule has 3 rings (SSSR count). The molecule has 0 bridgehead atoms. The molecule has 0 spiro atoms. The first-order chi connectivity index (χ1) is 13.5. The number of nitriles is 2. The molecule has 1 saturated carbocycles. The van der Waals surface area contributed by atoms with Crippen molar-refractivity contribution in [2.24, 2.45) is 22.2 Å².